The van der Waals surface area contributed by atoms with Crippen LogP contribution in [0.15, 0.2) is 24.3 Å². The SMILES string of the molecule is C[C@H](Oc1ccc([N+](=O)[O-])cc1)C(=O)NC[C@@H]1CCCO1. The van der Waals surface area contributed by atoms with Gasteiger partial charge in [0.15, 0.2) is 6.10 Å². The Bertz CT molecular complexity index is 497. The summed E-state index contributed by atoms with van der Waals surface area (Å²) >= 11 is 0. The van der Waals surface area contributed by atoms with Crippen molar-refractivity contribution in [2.24, 2.45) is 0 Å². The average molecular weight is 294 g/mol. The molecule has 0 radical (unpaired) electrons. The first kappa shape index (κ1) is 15.2. The molecule has 2 atom stereocenters. The summed E-state index contributed by atoms with van der Waals surface area (Å²) in [5.74, 6) is 0.184. The Morgan fingerprint density at radius 1 is 1.52 bits per heavy atom. The minimum Gasteiger partial charge on any atom is -0.481 e. The van der Waals surface area contributed by atoms with Crippen molar-refractivity contribution >= 4 is 11.6 Å². The van der Waals surface area contributed by atoms with Gasteiger partial charge in [-0.25, -0.2) is 0 Å². The molecular weight excluding hydrogens is 276 g/mol. The molecule has 1 amide bonds. The van der Waals surface area contributed by atoms with Crippen molar-refractivity contribution in [3.05, 3.63) is 34.4 Å². The highest BCUT2D eigenvalue weighted by Crippen LogP contribution is 2.18. The second kappa shape index (κ2) is 7.03. The number of rotatable bonds is 6. The third-order valence-electron chi connectivity index (χ3n) is 3.26. The molecule has 0 aromatic heterocycles. The third kappa shape index (κ3) is 4.42. The molecule has 1 aromatic rings. The number of ether oxygens (including phenoxy) is 2. The van der Waals surface area contributed by atoms with E-state index in [1.807, 2.05) is 0 Å². The van der Waals surface area contributed by atoms with E-state index in [4.69, 9.17) is 9.47 Å². The number of nitro groups is 1. The molecule has 1 fully saturated rings. The van der Waals surface area contributed by atoms with Gasteiger partial charge in [0, 0.05) is 25.3 Å². The van der Waals surface area contributed by atoms with E-state index in [1.54, 1.807) is 6.92 Å². The van der Waals surface area contributed by atoms with E-state index in [0.29, 0.717) is 12.3 Å². The first-order valence-electron chi connectivity index (χ1n) is 6.86. The number of non-ortho nitro benzene ring substituents is 1. The number of nitrogens with zero attached hydrogens (tertiary/aromatic N) is 1. The van der Waals surface area contributed by atoms with Crippen LogP contribution in [0, 0.1) is 10.1 Å². The molecule has 2 rings (SSSR count). The number of carbonyl (C=O) groups excluding carboxylic acids is 1. The van der Waals surface area contributed by atoms with Gasteiger partial charge in [0.2, 0.25) is 0 Å². The average Bonchev–Trinajstić information content (AvgIpc) is 2.98. The number of amides is 1. The zero-order valence-electron chi connectivity index (χ0n) is 11.8. The molecule has 1 aliphatic rings. The molecule has 1 aromatic carbocycles. The third-order valence-corrected chi connectivity index (χ3v) is 3.26. The highest BCUT2D eigenvalue weighted by Gasteiger charge is 2.19. The van der Waals surface area contributed by atoms with Gasteiger partial charge in [-0.15, -0.1) is 0 Å². The maximum atomic E-state index is 11.9. The highest BCUT2D eigenvalue weighted by molar-refractivity contribution is 5.80. The molecule has 7 nitrogen and oxygen atoms in total. The Kier molecular flexibility index (Phi) is 5.10. The molecule has 0 unspecified atom stereocenters. The van der Waals surface area contributed by atoms with Crippen molar-refractivity contribution < 1.29 is 19.2 Å². The van der Waals surface area contributed by atoms with Crippen LogP contribution in [0.4, 0.5) is 5.69 Å². The summed E-state index contributed by atoms with van der Waals surface area (Å²) in [6.45, 7) is 2.86. The molecule has 0 saturated carbocycles. The highest BCUT2D eigenvalue weighted by atomic mass is 16.6. The summed E-state index contributed by atoms with van der Waals surface area (Å²) in [6, 6.07) is 5.63. The predicted octanol–water partition coefficient (Wildman–Crippen LogP) is 1.66. The predicted molar refractivity (Wildman–Crippen MR) is 75.2 cm³/mol. The van der Waals surface area contributed by atoms with Crippen LogP contribution in [0.5, 0.6) is 5.75 Å². The summed E-state index contributed by atoms with van der Waals surface area (Å²) in [5, 5.41) is 13.3. The Labute approximate surface area is 122 Å². The molecule has 114 valence electrons. The quantitative estimate of drug-likeness (QED) is 0.636. The molecular formula is C14H18N2O5. The van der Waals surface area contributed by atoms with Crippen LogP contribution >= 0.6 is 0 Å². The fourth-order valence-corrected chi connectivity index (χ4v) is 2.07. The van der Waals surface area contributed by atoms with Gasteiger partial charge in [-0.05, 0) is 31.9 Å². The number of nitro benzene ring substituents is 1. The minimum atomic E-state index is -0.673. The van der Waals surface area contributed by atoms with Gasteiger partial charge < -0.3 is 14.8 Å². The normalized spacial score (nSPS) is 19.0. The largest absolute Gasteiger partial charge is 0.481 e. The molecule has 1 aliphatic heterocycles. The lowest BCUT2D eigenvalue weighted by atomic mass is 10.2. The monoisotopic (exact) mass is 294 g/mol. The smallest absolute Gasteiger partial charge is 0.269 e. The van der Waals surface area contributed by atoms with Gasteiger partial charge in [-0.1, -0.05) is 0 Å². The van der Waals surface area contributed by atoms with Crippen LogP contribution in [0.1, 0.15) is 19.8 Å². The molecule has 21 heavy (non-hydrogen) atoms. The maximum absolute atomic E-state index is 11.9. The van der Waals surface area contributed by atoms with Crippen LogP contribution < -0.4 is 10.1 Å². The molecule has 1 N–H and O–H groups in total. The van der Waals surface area contributed by atoms with Gasteiger partial charge in [0.25, 0.3) is 11.6 Å². The Morgan fingerprint density at radius 3 is 2.81 bits per heavy atom. The number of hydrogen-bond donors (Lipinski definition) is 1. The molecule has 0 bridgehead atoms. The van der Waals surface area contributed by atoms with E-state index < -0.39 is 11.0 Å². The second-order valence-electron chi connectivity index (χ2n) is 4.89. The van der Waals surface area contributed by atoms with Crippen molar-refractivity contribution in [2.75, 3.05) is 13.2 Å². The van der Waals surface area contributed by atoms with E-state index >= 15 is 0 Å². The summed E-state index contributed by atoms with van der Waals surface area (Å²) < 4.78 is 10.9. The van der Waals surface area contributed by atoms with Crippen LogP contribution in [0.2, 0.25) is 0 Å². The molecule has 1 heterocycles. The van der Waals surface area contributed by atoms with E-state index in [0.717, 1.165) is 19.4 Å². The fraction of sp³-hybridized carbons (Fsp3) is 0.500. The molecule has 1 saturated heterocycles. The summed E-state index contributed by atoms with van der Waals surface area (Å²) in [5.41, 5.74) is -0.0159. The van der Waals surface area contributed by atoms with Crippen LogP contribution in [-0.4, -0.2) is 36.2 Å². The first-order valence-corrected chi connectivity index (χ1v) is 6.86. The van der Waals surface area contributed by atoms with E-state index in [-0.39, 0.29) is 17.7 Å². The maximum Gasteiger partial charge on any atom is 0.269 e. The van der Waals surface area contributed by atoms with Crippen LogP contribution in [-0.2, 0) is 9.53 Å². The Morgan fingerprint density at radius 2 is 2.24 bits per heavy atom. The summed E-state index contributed by atoms with van der Waals surface area (Å²) in [7, 11) is 0. The number of carbonyl (C=O) groups is 1. The summed E-state index contributed by atoms with van der Waals surface area (Å²) in [4.78, 5) is 21.9. The van der Waals surface area contributed by atoms with E-state index in [9.17, 15) is 14.9 Å². The van der Waals surface area contributed by atoms with Crippen LogP contribution in [0.25, 0.3) is 0 Å². The molecule has 7 heteroatoms. The minimum absolute atomic E-state index is 0.0159. The zero-order chi connectivity index (χ0) is 15.2. The standard InChI is InChI=1S/C14H18N2O5/c1-10(14(17)15-9-13-3-2-8-20-13)21-12-6-4-11(5-7-12)16(18)19/h4-7,10,13H,2-3,8-9H2,1H3,(H,15,17)/t10-,13-/m0/s1. The van der Waals surface area contributed by atoms with Crippen molar-refractivity contribution in [3.63, 3.8) is 0 Å². The van der Waals surface area contributed by atoms with Gasteiger partial charge >= 0.3 is 0 Å². The lowest BCUT2D eigenvalue weighted by molar-refractivity contribution is -0.384. The molecule has 0 aliphatic carbocycles. The van der Waals surface area contributed by atoms with Crippen molar-refractivity contribution in [2.45, 2.75) is 32.0 Å². The van der Waals surface area contributed by atoms with Crippen molar-refractivity contribution in [3.8, 4) is 5.75 Å². The lowest BCUT2D eigenvalue weighted by Gasteiger charge is -2.16. The zero-order valence-corrected chi connectivity index (χ0v) is 11.8. The molecule has 0 spiro atoms. The number of hydrogen-bond acceptors (Lipinski definition) is 5. The Hall–Kier alpha value is -2.15. The van der Waals surface area contributed by atoms with Crippen molar-refractivity contribution in [1.82, 2.24) is 5.32 Å². The summed E-state index contributed by atoms with van der Waals surface area (Å²) in [6.07, 6.45) is 1.39. The van der Waals surface area contributed by atoms with Gasteiger partial charge in [-0.3, -0.25) is 14.9 Å². The van der Waals surface area contributed by atoms with E-state index in [1.165, 1.54) is 24.3 Å². The van der Waals surface area contributed by atoms with E-state index in [2.05, 4.69) is 5.32 Å². The first-order chi connectivity index (χ1) is 10.1. The van der Waals surface area contributed by atoms with Gasteiger partial charge in [-0.2, -0.15) is 0 Å². The Balaban J connectivity index is 1.80. The number of benzene rings is 1. The van der Waals surface area contributed by atoms with Crippen LogP contribution in [0.3, 0.4) is 0 Å². The number of nitrogens with one attached hydrogen (secondary N) is 1. The fourth-order valence-electron chi connectivity index (χ4n) is 2.07. The van der Waals surface area contributed by atoms with Gasteiger partial charge in [0.05, 0.1) is 11.0 Å². The van der Waals surface area contributed by atoms with Gasteiger partial charge in [0.1, 0.15) is 5.75 Å². The topological polar surface area (TPSA) is 90.7 Å². The second-order valence-corrected chi connectivity index (χ2v) is 4.89. The lowest BCUT2D eigenvalue weighted by Crippen LogP contribution is -2.40. The van der Waals surface area contributed by atoms with Crippen molar-refractivity contribution in [1.29, 1.82) is 0 Å².